The first kappa shape index (κ1) is 19.7. The van der Waals surface area contributed by atoms with E-state index in [2.05, 4.69) is 5.32 Å². The molecule has 2 aromatic rings. The third-order valence-electron chi connectivity index (χ3n) is 4.92. The van der Waals surface area contributed by atoms with Crippen molar-refractivity contribution in [1.29, 1.82) is 0 Å². The molecule has 8 heteroatoms. The number of nitro benzene ring substituents is 1. The van der Waals surface area contributed by atoms with Crippen LogP contribution in [0.2, 0.25) is 0 Å². The minimum atomic E-state index is -0.635. The summed E-state index contributed by atoms with van der Waals surface area (Å²) in [7, 11) is 0. The van der Waals surface area contributed by atoms with Crippen LogP contribution < -0.4 is 10.2 Å². The van der Waals surface area contributed by atoms with Crippen molar-refractivity contribution in [2.45, 2.75) is 19.3 Å². The topological polar surface area (TPSA) is 75.5 Å². The van der Waals surface area contributed by atoms with Gasteiger partial charge in [-0.2, -0.15) is 0 Å². The molecule has 0 saturated carbocycles. The van der Waals surface area contributed by atoms with Crippen molar-refractivity contribution in [3.63, 3.8) is 0 Å². The number of anilines is 1. The van der Waals surface area contributed by atoms with Crippen LogP contribution in [0.1, 0.15) is 18.4 Å². The summed E-state index contributed by atoms with van der Waals surface area (Å²) in [5.74, 6) is -1.55. The maximum atomic E-state index is 13.2. The van der Waals surface area contributed by atoms with Crippen molar-refractivity contribution in [1.82, 2.24) is 5.32 Å². The van der Waals surface area contributed by atoms with Crippen LogP contribution in [0, 0.1) is 27.7 Å². The average Bonchev–Trinajstić information content (AvgIpc) is 2.67. The number of carbonyl (C=O) groups is 1. The molecule has 1 saturated heterocycles. The highest BCUT2D eigenvalue weighted by atomic mass is 19.1. The minimum Gasteiger partial charge on any atom is -0.366 e. The highest BCUT2D eigenvalue weighted by Gasteiger charge is 2.27. The Kier molecular flexibility index (Phi) is 6.18. The molecule has 0 spiro atoms. The number of nitrogens with one attached hydrogen (secondary N) is 1. The number of piperidine rings is 1. The molecule has 2 aromatic carbocycles. The number of hydrogen-bond donors (Lipinski definition) is 1. The average molecular weight is 389 g/mol. The Bertz CT molecular complexity index is 847. The van der Waals surface area contributed by atoms with Crippen LogP contribution in [-0.4, -0.2) is 30.5 Å². The Morgan fingerprint density at radius 2 is 1.79 bits per heavy atom. The van der Waals surface area contributed by atoms with Gasteiger partial charge < -0.3 is 10.2 Å². The molecule has 1 N–H and O–H groups in total. The second-order valence-electron chi connectivity index (χ2n) is 6.83. The number of halogens is 2. The fourth-order valence-electron chi connectivity index (χ4n) is 3.50. The van der Waals surface area contributed by atoms with Crippen LogP contribution in [-0.2, 0) is 11.2 Å². The lowest BCUT2D eigenvalue weighted by Gasteiger charge is -2.32. The van der Waals surface area contributed by atoms with E-state index >= 15 is 0 Å². The number of amides is 1. The summed E-state index contributed by atoms with van der Waals surface area (Å²) < 4.78 is 26.4. The zero-order chi connectivity index (χ0) is 20.1. The molecule has 1 aliphatic rings. The van der Waals surface area contributed by atoms with Crippen molar-refractivity contribution in [2.24, 2.45) is 5.92 Å². The smallest absolute Gasteiger partial charge is 0.292 e. The van der Waals surface area contributed by atoms with Gasteiger partial charge in [0.2, 0.25) is 5.91 Å². The van der Waals surface area contributed by atoms with Crippen LogP contribution in [0.25, 0.3) is 0 Å². The molecule has 6 nitrogen and oxygen atoms in total. The third-order valence-corrected chi connectivity index (χ3v) is 4.92. The van der Waals surface area contributed by atoms with Crippen LogP contribution in [0.15, 0.2) is 42.5 Å². The van der Waals surface area contributed by atoms with Gasteiger partial charge in [-0.05, 0) is 43.0 Å². The van der Waals surface area contributed by atoms with Gasteiger partial charge in [-0.15, -0.1) is 0 Å². The zero-order valence-electron chi connectivity index (χ0n) is 15.2. The van der Waals surface area contributed by atoms with Crippen molar-refractivity contribution < 1.29 is 18.5 Å². The second-order valence-corrected chi connectivity index (χ2v) is 6.83. The van der Waals surface area contributed by atoms with Gasteiger partial charge in [0.1, 0.15) is 17.3 Å². The maximum absolute atomic E-state index is 13.2. The molecule has 0 atom stereocenters. The summed E-state index contributed by atoms with van der Waals surface area (Å²) in [4.78, 5) is 25.1. The largest absolute Gasteiger partial charge is 0.366 e. The molecule has 0 aromatic heterocycles. The molecule has 148 valence electrons. The van der Waals surface area contributed by atoms with E-state index in [1.165, 1.54) is 18.2 Å². The lowest BCUT2D eigenvalue weighted by molar-refractivity contribution is -0.384. The van der Waals surface area contributed by atoms with E-state index in [4.69, 9.17) is 0 Å². The van der Waals surface area contributed by atoms with Crippen LogP contribution in [0.4, 0.5) is 20.2 Å². The lowest BCUT2D eigenvalue weighted by Crippen LogP contribution is -2.41. The SMILES string of the molecule is O=C(NCCc1cc(F)cc(F)c1)C1CCN(c2ccccc2[N+](=O)[O-])CC1. The van der Waals surface area contributed by atoms with Crippen LogP contribution in [0.3, 0.4) is 0 Å². The summed E-state index contributed by atoms with van der Waals surface area (Å²) in [5.41, 5.74) is 1.12. The van der Waals surface area contributed by atoms with Gasteiger partial charge in [-0.1, -0.05) is 12.1 Å². The quantitative estimate of drug-likeness (QED) is 0.607. The third kappa shape index (κ3) is 4.82. The molecule has 0 unspecified atom stereocenters. The maximum Gasteiger partial charge on any atom is 0.292 e. The van der Waals surface area contributed by atoms with Gasteiger partial charge in [0.15, 0.2) is 0 Å². The Hall–Kier alpha value is -3.03. The van der Waals surface area contributed by atoms with E-state index in [-0.39, 0.29) is 17.5 Å². The number of benzene rings is 2. The fraction of sp³-hybridized carbons (Fsp3) is 0.350. The first-order valence-corrected chi connectivity index (χ1v) is 9.15. The van der Waals surface area contributed by atoms with Gasteiger partial charge in [0.05, 0.1) is 4.92 Å². The fourth-order valence-corrected chi connectivity index (χ4v) is 3.50. The molecule has 28 heavy (non-hydrogen) atoms. The first-order chi connectivity index (χ1) is 13.4. The molecule has 1 heterocycles. The monoisotopic (exact) mass is 389 g/mol. The predicted molar refractivity (Wildman–Crippen MR) is 101 cm³/mol. The molecule has 0 bridgehead atoms. The normalized spacial score (nSPS) is 14.7. The Morgan fingerprint density at radius 1 is 1.14 bits per heavy atom. The van der Waals surface area contributed by atoms with E-state index in [9.17, 15) is 23.7 Å². The number of nitrogens with zero attached hydrogens (tertiary/aromatic N) is 2. The van der Waals surface area contributed by atoms with Gasteiger partial charge in [0, 0.05) is 37.7 Å². The molecule has 0 radical (unpaired) electrons. The van der Waals surface area contributed by atoms with Gasteiger partial charge >= 0.3 is 0 Å². The molecular formula is C20H21F2N3O3. The number of rotatable bonds is 6. The summed E-state index contributed by atoms with van der Waals surface area (Å²) in [6.45, 7) is 1.40. The summed E-state index contributed by atoms with van der Waals surface area (Å²) >= 11 is 0. The summed E-state index contributed by atoms with van der Waals surface area (Å²) in [6, 6.07) is 9.90. The number of hydrogen-bond acceptors (Lipinski definition) is 4. The Morgan fingerprint density at radius 3 is 2.43 bits per heavy atom. The summed E-state index contributed by atoms with van der Waals surface area (Å²) in [5, 5.41) is 14.0. The van der Waals surface area contributed by atoms with Gasteiger partial charge in [0.25, 0.3) is 5.69 Å². The zero-order valence-corrected chi connectivity index (χ0v) is 15.2. The predicted octanol–water partition coefficient (Wildman–Crippen LogP) is 3.45. The summed E-state index contributed by atoms with van der Waals surface area (Å²) in [6.07, 6.45) is 1.52. The lowest BCUT2D eigenvalue weighted by atomic mass is 9.95. The number of para-hydroxylation sites is 2. The van der Waals surface area contributed by atoms with E-state index in [0.717, 1.165) is 6.07 Å². The highest BCUT2D eigenvalue weighted by Crippen LogP contribution is 2.31. The van der Waals surface area contributed by atoms with Crippen LogP contribution in [0.5, 0.6) is 0 Å². The standard InChI is InChI=1S/C20H21F2N3O3/c21-16-11-14(12-17(22)13-16)5-8-23-20(26)15-6-9-24(10-7-15)18-3-1-2-4-19(18)25(27)28/h1-4,11-13,15H,5-10H2,(H,23,26). The number of nitro groups is 1. The first-order valence-electron chi connectivity index (χ1n) is 9.15. The number of carbonyl (C=O) groups excluding carboxylic acids is 1. The van der Waals surface area contributed by atoms with Crippen molar-refractivity contribution in [3.8, 4) is 0 Å². The highest BCUT2D eigenvalue weighted by molar-refractivity contribution is 5.79. The van der Waals surface area contributed by atoms with E-state index in [1.807, 2.05) is 4.90 Å². The molecular weight excluding hydrogens is 368 g/mol. The molecule has 3 rings (SSSR count). The molecule has 0 aliphatic carbocycles. The molecule has 1 fully saturated rings. The second kappa shape index (κ2) is 8.77. The van der Waals surface area contributed by atoms with Crippen LogP contribution >= 0.6 is 0 Å². The van der Waals surface area contributed by atoms with Gasteiger partial charge in [-0.3, -0.25) is 14.9 Å². The Labute approximate surface area is 161 Å². The van der Waals surface area contributed by atoms with E-state index in [0.29, 0.717) is 50.1 Å². The van der Waals surface area contributed by atoms with Gasteiger partial charge in [-0.25, -0.2) is 8.78 Å². The van der Waals surface area contributed by atoms with Crippen molar-refractivity contribution in [2.75, 3.05) is 24.5 Å². The van der Waals surface area contributed by atoms with E-state index in [1.54, 1.807) is 18.2 Å². The minimum absolute atomic E-state index is 0.0627. The van der Waals surface area contributed by atoms with Crippen molar-refractivity contribution in [3.05, 3.63) is 69.8 Å². The molecule has 1 amide bonds. The molecule has 1 aliphatic heterocycles. The Balaban J connectivity index is 1.49. The van der Waals surface area contributed by atoms with Crippen molar-refractivity contribution >= 4 is 17.3 Å². The van der Waals surface area contributed by atoms with E-state index < -0.39 is 16.6 Å².